The SMILES string of the molecule is COc1cc(Cl)c(C)cc1NC(=O)COCc1cc(-c2ccco2)on1. The van der Waals surface area contributed by atoms with Gasteiger partial charge in [-0.15, -0.1) is 0 Å². The highest BCUT2D eigenvalue weighted by atomic mass is 35.5. The van der Waals surface area contributed by atoms with Gasteiger partial charge in [-0.05, 0) is 30.7 Å². The van der Waals surface area contributed by atoms with Crippen molar-refractivity contribution in [2.45, 2.75) is 13.5 Å². The molecule has 136 valence electrons. The van der Waals surface area contributed by atoms with Crippen molar-refractivity contribution in [3.05, 3.63) is 52.9 Å². The number of aromatic nitrogens is 1. The van der Waals surface area contributed by atoms with Crippen LogP contribution in [0.4, 0.5) is 5.69 Å². The van der Waals surface area contributed by atoms with Crippen molar-refractivity contribution < 1.29 is 23.2 Å². The van der Waals surface area contributed by atoms with E-state index in [1.54, 1.807) is 36.6 Å². The van der Waals surface area contributed by atoms with Crippen molar-refractivity contribution in [2.75, 3.05) is 19.0 Å². The number of furan rings is 1. The van der Waals surface area contributed by atoms with Gasteiger partial charge in [-0.3, -0.25) is 4.79 Å². The Morgan fingerprint density at radius 1 is 1.31 bits per heavy atom. The quantitative estimate of drug-likeness (QED) is 0.669. The highest BCUT2D eigenvalue weighted by molar-refractivity contribution is 6.31. The zero-order valence-electron chi connectivity index (χ0n) is 14.2. The monoisotopic (exact) mass is 376 g/mol. The molecule has 2 aromatic heterocycles. The summed E-state index contributed by atoms with van der Waals surface area (Å²) in [5, 5.41) is 7.18. The molecule has 3 rings (SSSR count). The van der Waals surface area contributed by atoms with E-state index in [9.17, 15) is 4.79 Å². The number of rotatable bonds is 7. The average molecular weight is 377 g/mol. The number of ether oxygens (including phenoxy) is 2. The van der Waals surface area contributed by atoms with Gasteiger partial charge in [0.1, 0.15) is 18.1 Å². The Morgan fingerprint density at radius 2 is 2.15 bits per heavy atom. The third kappa shape index (κ3) is 4.25. The van der Waals surface area contributed by atoms with Crippen molar-refractivity contribution in [3.63, 3.8) is 0 Å². The summed E-state index contributed by atoms with van der Waals surface area (Å²) in [6, 6.07) is 8.61. The van der Waals surface area contributed by atoms with E-state index < -0.39 is 0 Å². The molecule has 3 aromatic rings. The Balaban J connectivity index is 1.53. The molecule has 0 bridgehead atoms. The van der Waals surface area contributed by atoms with Gasteiger partial charge in [0.05, 0.1) is 25.7 Å². The van der Waals surface area contributed by atoms with Gasteiger partial charge in [0.2, 0.25) is 11.7 Å². The molecular weight excluding hydrogens is 360 g/mol. The molecule has 0 unspecified atom stereocenters. The van der Waals surface area contributed by atoms with Crippen LogP contribution in [0.2, 0.25) is 5.02 Å². The molecule has 26 heavy (non-hydrogen) atoms. The Kier molecular flexibility index (Phi) is 5.60. The van der Waals surface area contributed by atoms with Crippen molar-refractivity contribution in [1.82, 2.24) is 5.16 Å². The Morgan fingerprint density at radius 3 is 2.88 bits per heavy atom. The fraction of sp³-hybridized carbons (Fsp3) is 0.222. The number of carbonyl (C=O) groups excluding carboxylic acids is 1. The number of nitrogens with zero attached hydrogens (tertiary/aromatic N) is 1. The fourth-order valence-corrected chi connectivity index (χ4v) is 2.43. The molecule has 0 aliphatic rings. The predicted molar refractivity (Wildman–Crippen MR) is 95.2 cm³/mol. The maximum Gasteiger partial charge on any atom is 0.250 e. The number of nitrogens with one attached hydrogen (secondary N) is 1. The summed E-state index contributed by atoms with van der Waals surface area (Å²) < 4.78 is 21.0. The van der Waals surface area contributed by atoms with Crippen LogP contribution in [0, 0.1) is 6.92 Å². The molecular formula is C18H17ClN2O5. The van der Waals surface area contributed by atoms with E-state index in [1.807, 2.05) is 6.92 Å². The van der Waals surface area contributed by atoms with Gasteiger partial charge in [-0.1, -0.05) is 16.8 Å². The number of halogens is 1. The third-order valence-corrected chi connectivity index (χ3v) is 3.97. The summed E-state index contributed by atoms with van der Waals surface area (Å²) in [6.07, 6.45) is 1.55. The average Bonchev–Trinajstić information content (AvgIpc) is 3.29. The van der Waals surface area contributed by atoms with Gasteiger partial charge in [-0.25, -0.2) is 0 Å². The lowest BCUT2D eigenvalue weighted by atomic mass is 10.2. The minimum atomic E-state index is -0.320. The van der Waals surface area contributed by atoms with Crippen LogP contribution in [0.25, 0.3) is 11.5 Å². The van der Waals surface area contributed by atoms with Crippen LogP contribution in [0.15, 0.2) is 45.5 Å². The summed E-state index contributed by atoms with van der Waals surface area (Å²) in [6.45, 7) is 1.83. The zero-order valence-corrected chi connectivity index (χ0v) is 15.0. The van der Waals surface area contributed by atoms with Gasteiger partial charge in [0.25, 0.3) is 0 Å². The Bertz CT molecular complexity index is 889. The second-order valence-electron chi connectivity index (χ2n) is 5.50. The van der Waals surface area contributed by atoms with E-state index in [0.717, 1.165) is 5.56 Å². The van der Waals surface area contributed by atoms with Crippen LogP contribution < -0.4 is 10.1 Å². The molecule has 7 nitrogen and oxygen atoms in total. The zero-order chi connectivity index (χ0) is 18.5. The lowest BCUT2D eigenvalue weighted by Gasteiger charge is -2.12. The lowest BCUT2D eigenvalue weighted by molar-refractivity contribution is -0.121. The van der Waals surface area contributed by atoms with Crippen LogP contribution in [-0.2, 0) is 16.1 Å². The second kappa shape index (κ2) is 8.07. The largest absolute Gasteiger partial charge is 0.495 e. The summed E-state index contributed by atoms with van der Waals surface area (Å²) in [5.41, 5.74) is 1.92. The summed E-state index contributed by atoms with van der Waals surface area (Å²) >= 11 is 6.05. The van der Waals surface area contributed by atoms with E-state index in [1.165, 1.54) is 7.11 Å². The van der Waals surface area contributed by atoms with Gasteiger partial charge in [-0.2, -0.15) is 0 Å². The number of amides is 1. The van der Waals surface area contributed by atoms with E-state index in [0.29, 0.717) is 33.7 Å². The third-order valence-electron chi connectivity index (χ3n) is 3.56. The molecule has 8 heteroatoms. The normalized spacial score (nSPS) is 10.7. The first-order chi connectivity index (χ1) is 12.6. The van der Waals surface area contributed by atoms with Crippen molar-refractivity contribution >= 4 is 23.2 Å². The first kappa shape index (κ1) is 18.0. The molecule has 1 N–H and O–H groups in total. The number of anilines is 1. The Hall–Kier alpha value is -2.77. The van der Waals surface area contributed by atoms with E-state index >= 15 is 0 Å². The molecule has 1 aromatic carbocycles. The summed E-state index contributed by atoms with van der Waals surface area (Å²) in [7, 11) is 1.51. The minimum Gasteiger partial charge on any atom is -0.495 e. The number of methoxy groups -OCH3 is 1. The standard InChI is InChI=1S/C18H17ClN2O5/c1-11-6-14(16(23-2)8-13(11)19)20-18(22)10-24-9-12-7-17(26-21-12)15-4-3-5-25-15/h3-8H,9-10H2,1-2H3,(H,20,22). The fourth-order valence-electron chi connectivity index (χ4n) is 2.28. The van der Waals surface area contributed by atoms with Crippen LogP contribution in [0.5, 0.6) is 5.75 Å². The van der Waals surface area contributed by atoms with Crippen LogP contribution in [-0.4, -0.2) is 24.8 Å². The second-order valence-corrected chi connectivity index (χ2v) is 5.91. The number of benzene rings is 1. The number of hydrogen-bond donors (Lipinski definition) is 1. The smallest absolute Gasteiger partial charge is 0.250 e. The number of aryl methyl sites for hydroxylation is 1. The molecule has 0 aliphatic carbocycles. The predicted octanol–water partition coefficient (Wildman–Crippen LogP) is 4.06. The number of hydrogen-bond acceptors (Lipinski definition) is 6. The molecule has 0 fully saturated rings. The van der Waals surface area contributed by atoms with Gasteiger partial charge in [0, 0.05) is 17.2 Å². The molecule has 0 atom stereocenters. The van der Waals surface area contributed by atoms with Gasteiger partial charge in [0.15, 0.2) is 5.76 Å². The van der Waals surface area contributed by atoms with Gasteiger partial charge >= 0.3 is 0 Å². The molecule has 0 radical (unpaired) electrons. The molecule has 2 heterocycles. The van der Waals surface area contributed by atoms with Crippen LogP contribution in [0.3, 0.4) is 0 Å². The Labute approximate surface area is 154 Å². The van der Waals surface area contributed by atoms with Crippen molar-refractivity contribution in [3.8, 4) is 17.3 Å². The maximum absolute atomic E-state index is 12.1. The van der Waals surface area contributed by atoms with Gasteiger partial charge < -0.3 is 23.7 Å². The topological polar surface area (TPSA) is 86.7 Å². The van der Waals surface area contributed by atoms with Crippen molar-refractivity contribution in [2.24, 2.45) is 0 Å². The highest BCUT2D eigenvalue weighted by Gasteiger charge is 2.12. The van der Waals surface area contributed by atoms with E-state index in [4.69, 9.17) is 30.0 Å². The maximum atomic E-state index is 12.1. The highest BCUT2D eigenvalue weighted by Crippen LogP contribution is 2.30. The molecule has 0 saturated carbocycles. The van der Waals surface area contributed by atoms with Crippen LogP contribution in [0.1, 0.15) is 11.3 Å². The molecule has 1 amide bonds. The first-order valence-electron chi connectivity index (χ1n) is 7.78. The molecule has 0 spiro atoms. The molecule has 0 saturated heterocycles. The van der Waals surface area contributed by atoms with Crippen LogP contribution >= 0.6 is 11.6 Å². The van der Waals surface area contributed by atoms with E-state index in [-0.39, 0.29) is 19.1 Å². The lowest BCUT2D eigenvalue weighted by Crippen LogP contribution is -2.18. The minimum absolute atomic E-state index is 0.133. The van der Waals surface area contributed by atoms with Crippen molar-refractivity contribution in [1.29, 1.82) is 0 Å². The first-order valence-corrected chi connectivity index (χ1v) is 8.16. The number of carbonyl (C=O) groups is 1. The molecule has 0 aliphatic heterocycles. The summed E-state index contributed by atoms with van der Waals surface area (Å²) in [4.78, 5) is 12.1. The summed E-state index contributed by atoms with van der Waals surface area (Å²) in [5.74, 6) is 1.24. The van der Waals surface area contributed by atoms with E-state index in [2.05, 4.69) is 10.5 Å².